The first-order chi connectivity index (χ1) is 8.93. The van der Waals surface area contributed by atoms with E-state index in [-0.39, 0.29) is 19.7 Å². The fourth-order valence-electron chi connectivity index (χ4n) is 1.73. The van der Waals surface area contributed by atoms with Gasteiger partial charge >= 0.3 is 0 Å². The number of benzene rings is 1. The van der Waals surface area contributed by atoms with Crippen molar-refractivity contribution < 1.29 is 18.3 Å². The standard InChI is InChI=1S/C13H21NO4S/c1-11(2)19(16,17)14(8-9-15)10-12-6-4-5-7-13(12)18-3/h4-7,11,15H,8-10H2,1-3H3. The number of para-hydroxylation sites is 1. The number of aliphatic hydroxyl groups is 1. The lowest BCUT2D eigenvalue weighted by molar-refractivity contribution is 0.249. The van der Waals surface area contributed by atoms with Crippen LogP contribution in [0.4, 0.5) is 0 Å². The van der Waals surface area contributed by atoms with Gasteiger partial charge in [-0.25, -0.2) is 8.42 Å². The molecule has 0 aliphatic carbocycles. The average molecular weight is 287 g/mol. The number of hydrogen-bond acceptors (Lipinski definition) is 4. The summed E-state index contributed by atoms with van der Waals surface area (Å²) in [5.41, 5.74) is 0.780. The molecule has 1 aromatic rings. The molecular weight excluding hydrogens is 266 g/mol. The number of rotatable bonds is 7. The Morgan fingerprint density at radius 2 is 1.95 bits per heavy atom. The van der Waals surface area contributed by atoms with Crippen LogP contribution in [0.25, 0.3) is 0 Å². The van der Waals surface area contributed by atoms with E-state index in [1.807, 2.05) is 18.2 Å². The third kappa shape index (κ3) is 3.92. The fourth-order valence-corrected chi connectivity index (χ4v) is 2.98. The molecule has 0 unspecified atom stereocenters. The van der Waals surface area contributed by atoms with Gasteiger partial charge in [0.25, 0.3) is 0 Å². The average Bonchev–Trinajstić information content (AvgIpc) is 2.38. The minimum absolute atomic E-state index is 0.0819. The predicted molar refractivity (Wildman–Crippen MR) is 74.5 cm³/mol. The minimum atomic E-state index is -3.41. The lowest BCUT2D eigenvalue weighted by atomic mass is 10.2. The van der Waals surface area contributed by atoms with Crippen LogP contribution >= 0.6 is 0 Å². The quantitative estimate of drug-likeness (QED) is 0.819. The summed E-state index contributed by atoms with van der Waals surface area (Å²) in [6, 6.07) is 7.26. The van der Waals surface area contributed by atoms with Gasteiger partial charge in [0.15, 0.2) is 0 Å². The molecule has 0 atom stereocenters. The zero-order valence-corrected chi connectivity index (χ0v) is 12.4. The van der Waals surface area contributed by atoms with Crippen LogP contribution in [-0.4, -0.2) is 43.3 Å². The van der Waals surface area contributed by atoms with E-state index in [4.69, 9.17) is 9.84 Å². The molecule has 0 bridgehead atoms. The molecule has 1 rings (SSSR count). The first kappa shape index (κ1) is 15.9. The molecule has 0 aliphatic heterocycles. The molecule has 5 nitrogen and oxygen atoms in total. The number of hydrogen-bond donors (Lipinski definition) is 1. The SMILES string of the molecule is COc1ccccc1CN(CCO)S(=O)(=O)C(C)C. The van der Waals surface area contributed by atoms with E-state index in [0.717, 1.165) is 5.56 Å². The molecule has 108 valence electrons. The Bertz CT molecular complexity index is 499. The van der Waals surface area contributed by atoms with Crippen molar-refractivity contribution in [2.75, 3.05) is 20.3 Å². The normalized spacial score (nSPS) is 12.1. The predicted octanol–water partition coefficient (Wildman–Crippen LogP) is 1.23. The summed E-state index contributed by atoms with van der Waals surface area (Å²) in [7, 11) is -1.86. The van der Waals surface area contributed by atoms with Crippen molar-refractivity contribution in [1.82, 2.24) is 4.31 Å². The van der Waals surface area contributed by atoms with Crippen LogP contribution in [0.5, 0.6) is 5.75 Å². The highest BCUT2D eigenvalue weighted by Gasteiger charge is 2.26. The molecular formula is C13H21NO4S. The molecule has 0 aromatic heterocycles. The third-order valence-electron chi connectivity index (χ3n) is 2.84. The van der Waals surface area contributed by atoms with Gasteiger partial charge in [-0.1, -0.05) is 18.2 Å². The van der Waals surface area contributed by atoms with Crippen LogP contribution in [0.3, 0.4) is 0 Å². The summed E-state index contributed by atoms with van der Waals surface area (Å²) < 4.78 is 30.9. The molecule has 0 heterocycles. The Hall–Kier alpha value is -1.11. The van der Waals surface area contributed by atoms with Crippen LogP contribution in [0.1, 0.15) is 19.4 Å². The number of ether oxygens (including phenoxy) is 1. The summed E-state index contributed by atoms with van der Waals surface area (Å²) >= 11 is 0. The first-order valence-electron chi connectivity index (χ1n) is 6.15. The maximum Gasteiger partial charge on any atom is 0.216 e. The van der Waals surface area contributed by atoms with E-state index < -0.39 is 15.3 Å². The second-order valence-electron chi connectivity index (χ2n) is 4.46. The van der Waals surface area contributed by atoms with Gasteiger partial charge in [-0.15, -0.1) is 0 Å². The van der Waals surface area contributed by atoms with Gasteiger partial charge in [0.2, 0.25) is 10.0 Å². The fraction of sp³-hybridized carbons (Fsp3) is 0.538. The zero-order chi connectivity index (χ0) is 14.5. The van der Waals surface area contributed by atoms with E-state index >= 15 is 0 Å². The maximum absolute atomic E-state index is 12.2. The molecule has 19 heavy (non-hydrogen) atoms. The second-order valence-corrected chi connectivity index (χ2v) is 6.95. The summed E-state index contributed by atoms with van der Waals surface area (Å²) in [6.07, 6.45) is 0. The van der Waals surface area contributed by atoms with Gasteiger partial charge in [-0.2, -0.15) is 4.31 Å². The van der Waals surface area contributed by atoms with Crippen LogP contribution in [0, 0.1) is 0 Å². The Balaban J connectivity index is 3.03. The number of sulfonamides is 1. The molecule has 0 radical (unpaired) electrons. The van der Waals surface area contributed by atoms with Crippen molar-refractivity contribution in [3.05, 3.63) is 29.8 Å². The topological polar surface area (TPSA) is 66.8 Å². The largest absolute Gasteiger partial charge is 0.496 e. The minimum Gasteiger partial charge on any atom is -0.496 e. The molecule has 0 fully saturated rings. The van der Waals surface area contributed by atoms with E-state index in [1.165, 1.54) is 4.31 Å². The molecule has 1 aromatic carbocycles. The lowest BCUT2D eigenvalue weighted by Gasteiger charge is -2.24. The van der Waals surface area contributed by atoms with Crippen molar-refractivity contribution >= 4 is 10.0 Å². The van der Waals surface area contributed by atoms with Crippen molar-refractivity contribution in [2.24, 2.45) is 0 Å². The maximum atomic E-state index is 12.2. The van der Waals surface area contributed by atoms with Gasteiger partial charge in [0, 0.05) is 18.7 Å². The highest BCUT2D eigenvalue weighted by Crippen LogP contribution is 2.21. The Morgan fingerprint density at radius 1 is 1.32 bits per heavy atom. The summed E-state index contributed by atoms with van der Waals surface area (Å²) in [4.78, 5) is 0. The molecule has 0 saturated heterocycles. The molecule has 0 saturated carbocycles. The second kappa shape index (κ2) is 6.88. The number of aliphatic hydroxyl groups excluding tert-OH is 1. The Kier molecular flexibility index (Phi) is 5.78. The van der Waals surface area contributed by atoms with E-state index in [1.54, 1.807) is 27.0 Å². The first-order valence-corrected chi connectivity index (χ1v) is 7.65. The van der Waals surface area contributed by atoms with E-state index in [0.29, 0.717) is 5.75 Å². The van der Waals surface area contributed by atoms with Gasteiger partial charge in [-0.05, 0) is 19.9 Å². The summed E-state index contributed by atoms with van der Waals surface area (Å²) in [5, 5.41) is 8.53. The van der Waals surface area contributed by atoms with Gasteiger partial charge in [-0.3, -0.25) is 0 Å². The highest BCUT2D eigenvalue weighted by atomic mass is 32.2. The summed E-state index contributed by atoms with van der Waals surface area (Å²) in [6.45, 7) is 3.33. The van der Waals surface area contributed by atoms with Crippen LogP contribution < -0.4 is 4.74 Å². The van der Waals surface area contributed by atoms with Crippen LogP contribution in [0.15, 0.2) is 24.3 Å². The van der Waals surface area contributed by atoms with Gasteiger partial charge in [0.1, 0.15) is 5.75 Å². The van der Waals surface area contributed by atoms with Gasteiger partial charge in [0.05, 0.1) is 19.0 Å². The monoisotopic (exact) mass is 287 g/mol. The van der Waals surface area contributed by atoms with E-state index in [9.17, 15) is 8.42 Å². The van der Waals surface area contributed by atoms with Crippen molar-refractivity contribution in [3.63, 3.8) is 0 Å². The number of methoxy groups -OCH3 is 1. The molecule has 0 aliphatic rings. The number of nitrogens with zero attached hydrogens (tertiary/aromatic N) is 1. The third-order valence-corrected chi connectivity index (χ3v) is 5.07. The Morgan fingerprint density at radius 3 is 2.47 bits per heavy atom. The lowest BCUT2D eigenvalue weighted by Crippen LogP contribution is -2.37. The molecule has 0 spiro atoms. The molecule has 0 amide bonds. The van der Waals surface area contributed by atoms with Crippen LogP contribution in [0.2, 0.25) is 0 Å². The van der Waals surface area contributed by atoms with Crippen molar-refractivity contribution in [2.45, 2.75) is 25.6 Å². The molecule has 6 heteroatoms. The molecule has 1 N–H and O–H groups in total. The van der Waals surface area contributed by atoms with E-state index in [2.05, 4.69) is 0 Å². The highest BCUT2D eigenvalue weighted by molar-refractivity contribution is 7.89. The van der Waals surface area contributed by atoms with Gasteiger partial charge < -0.3 is 9.84 Å². The zero-order valence-electron chi connectivity index (χ0n) is 11.5. The Labute approximate surface area is 114 Å². The van der Waals surface area contributed by atoms with Crippen LogP contribution in [-0.2, 0) is 16.6 Å². The summed E-state index contributed by atoms with van der Waals surface area (Å²) in [5.74, 6) is 0.643. The smallest absolute Gasteiger partial charge is 0.216 e. The van der Waals surface area contributed by atoms with Crippen molar-refractivity contribution in [3.8, 4) is 5.75 Å². The van der Waals surface area contributed by atoms with Crippen molar-refractivity contribution in [1.29, 1.82) is 0 Å².